The summed E-state index contributed by atoms with van der Waals surface area (Å²) in [5, 5.41) is 2.86. The van der Waals surface area contributed by atoms with Crippen molar-refractivity contribution in [3.8, 4) is 5.75 Å². The Bertz CT molecular complexity index is 678. The molecule has 0 atom stereocenters. The first-order valence-electron chi connectivity index (χ1n) is 6.36. The van der Waals surface area contributed by atoms with Crippen LogP contribution in [0, 0.1) is 0 Å². The standard InChI is InChI=1S/C16H14N2O2/c1-20-12-7-8-14-13(9-12)16(17-10-15(19)18-14)11-5-3-2-4-6-11/h2-9H,10H2,1H3,(H,18,19). The Labute approximate surface area is 117 Å². The van der Waals surface area contributed by atoms with Crippen LogP contribution in [0.1, 0.15) is 11.1 Å². The summed E-state index contributed by atoms with van der Waals surface area (Å²) in [6.45, 7) is 0.126. The van der Waals surface area contributed by atoms with Crippen LogP contribution in [-0.2, 0) is 4.79 Å². The smallest absolute Gasteiger partial charge is 0.246 e. The summed E-state index contributed by atoms with van der Waals surface area (Å²) >= 11 is 0. The highest BCUT2D eigenvalue weighted by Crippen LogP contribution is 2.26. The van der Waals surface area contributed by atoms with E-state index in [-0.39, 0.29) is 12.5 Å². The lowest BCUT2D eigenvalue weighted by atomic mass is 10.0. The topological polar surface area (TPSA) is 50.7 Å². The number of rotatable bonds is 2. The minimum atomic E-state index is -0.109. The quantitative estimate of drug-likeness (QED) is 0.907. The van der Waals surface area contributed by atoms with Crippen molar-refractivity contribution in [2.75, 3.05) is 19.0 Å². The molecule has 1 heterocycles. The Kier molecular flexibility index (Phi) is 3.21. The lowest BCUT2D eigenvalue weighted by Gasteiger charge is -2.11. The van der Waals surface area contributed by atoms with Crippen LogP contribution in [0.15, 0.2) is 53.5 Å². The van der Waals surface area contributed by atoms with E-state index < -0.39 is 0 Å². The summed E-state index contributed by atoms with van der Waals surface area (Å²) < 4.78 is 5.26. The van der Waals surface area contributed by atoms with Gasteiger partial charge in [0, 0.05) is 11.1 Å². The molecule has 0 fully saturated rings. The zero-order valence-electron chi connectivity index (χ0n) is 11.1. The lowest BCUT2D eigenvalue weighted by Crippen LogP contribution is -2.13. The molecule has 2 aromatic rings. The molecule has 0 unspecified atom stereocenters. The van der Waals surface area contributed by atoms with Gasteiger partial charge in [0.2, 0.25) is 5.91 Å². The summed E-state index contributed by atoms with van der Waals surface area (Å²) in [6, 6.07) is 15.4. The van der Waals surface area contributed by atoms with Gasteiger partial charge in [0.25, 0.3) is 0 Å². The van der Waals surface area contributed by atoms with Gasteiger partial charge in [0.15, 0.2) is 0 Å². The first kappa shape index (κ1) is 12.4. The number of hydrogen-bond donors (Lipinski definition) is 1. The van der Waals surface area contributed by atoms with Crippen molar-refractivity contribution in [3.05, 3.63) is 59.7 Å². The van der Waals surface area contributed by atoms with E-state index in [2.05, 4.69) is 10.3 Å². The monoisotopic (exact) mass is 266 g/mol. The molecule has 1 aliphatic heterocycles. The van der Waals surface area contributed by atoms with Gasteiger partial charge in [-0.2, -0.15) is 0 Å². The molecule has 0 saturated carbocycles. The van der Waals surface area contributed by atoms with E-state index in [9.17, 15) is 4.79 Å². The van der Waals surface area contributed by atoms with Crippen LogP contribution in [0.2, 0.25) is 0 Å². The predicted octanol–water partition coefficient (Wildman–Crippen LogP) is 2.48. The van der Waals surface area contributed by atoms with E-state index >= 15 is 0 Å². The fraction of sp³-hybridized carbons (Fsp3) is 0.125. The third kappa shape index (κ3) is 2.28. The molecule has 0 radical (unpaired) electrons. The summed E-state index contributed by atoms with van der Waals surface area (Å²) in [6.07, 6.45) is 0. The minimum absolute atomic E-state index is 0.109. The maximum absolute atomic E-state index is 11.7. The van der Waals surface area contributed by atoms with Crippen molar-refractivity contribution in [1.82, 2.24) is 0 Å². The second-order valence-electron chi connectivity index (χ2n) is 4.49. The van der Waals surface area contributed by atoms with Gasteiger partial charge in [-0.15, -0.1) is 0 Å². The number of nitrogens with one attached hydrogen (secondary N) is 1. The van der Waals surface area contributed by atoms with Crippen molar-refractivity contribution >= 4 is 17.3 Å². The number of carbonyl (C=O) groups is 1. The lowest BCUT2D eigenvalue weighted by molar-refractivity contribution is -0.114. The number of benzodiazepines with no additional fused rings is 1. The SMILES string of the molecule is COc1ccc2c(c1)C(c1ccccc1)=NCC(=O)N2. The summed E-state index contributed by atoms with van der Waals surface area (Å²) in [5.74, 6) is 0.630. The van der Waals surface area contributed by atoms with Gasteiger partial charge < -0.3 is 10.1 Å². The molecule has 1 amide bonds. The molecule has 100 valence electrons. The Balaban J connectivity index is 2.18. The Hall–Kier alpha value is -2.62. The number of aliphatic imine (C=N–C) groups is 1. The van der Waals surface area contributed by atoms with E-state index in [1.54, 1.807) is 7.11 Å². The molecule has 0 spiro atoms. The van der Waals surface area contributed by atoms with Gasteiger partial charge in [-0.25, -0.2) is 0 Å². The Morgan fingerprint density at radius 2 is 1.95 bits per heavy atom. The van der Waals surface area contributed by atoms with Gasteiger partial charge in [-0.05, 0) is 18.2 Å². The van der Waals surface area contributed by atoms with Gasteiger partial charge in [0.05, 0.1) is 18.5 Å². The maximum Gasteiger partial charge on any atom is 0.246 e. The van der Waals surface area contributed by atoms with E-state index in [4.69, 9.17) is 4.74 Å². The molecule has 4 heteroatoms. The van der Waals surface area contributed by atoms with Gasteiger partial charge in [-0.3, -0.25) is 9.79 Å². The van der Waals surface area contributed by atoms with Crippen LogP contribution in [0.3, 0.4) is 0 Å². The van der Waals surface area contributed by atoms with Crippen molar-refractivity contribution in [3.63, 3.8) is 0 Å². The molecule has 20 heavy (non-hydrogen) atoms. The maximum atomic E-state index is 11.7. The molecule has 0 saturated heterocycles. The number of ether oxygens (including phenoxy) is 1. The highest BCUT2D eigenvalue weighted by Gasteiger charge is 2.18. The molecule has 1 aliphatic rings. The fourth-order valence-electron chi connectivity index (χ4n) is 2.22. The molecular weight excluding hydrogens is 252 g/mol. The number of fused-ring (bicyclic) bond motifs is 1. The zero-order chi connectivity index (χ0) is 13.9. The molecule has 2 aromatic carbocycles. The second-order valence-corrected chi connectivity index (χ2v) is 4.49. The molecule has 3 rings (SSSR count). The number of benzene rings is 2. The molecule has 1 N–H and O–H groups in total. The van der Waals surface area contributed by atoms with Crippen molar-refractivity contribution in [1.29, 1.82) is 0 Å². The van der Waals surface area contributed by atoms with E-state index in [1.165, 1.54) is 0 Å². The molecule has 4 nitrogen and oxygen atoms in total. The summed E-state index contributed by atoms with van der Waals surface area (Å²) in [4.78, 5) is 16.2. The third-order valence-corrected chi connectivity index (χ3v) is 3.18. The van der Waals surface area contributed by atoms with Crippen LogP contribution in [0.5, 0.6) is 5.75 Å². The van der Waals surface area contributed by atoms with Crippen molar-refractivity contribution in [2.45, 2.75) is 0 Å². The van der Waals surface area contributed by atoms with Gasteiger partial charge in [-0.1, -0.05) is 30.3 Å². The highest BCUT2D eigenvalue weighted by atomic mass is 16.5. The summed E-state index contributed by atoms with van der Waals surface area (Å²) in [5.41, 5.74) is 3.42. The third-order valence-electron chi connectivity index (χ3n) is 3.18. The van der Waals surface area contributed by atoms with Crippen LogP contribution >= 0.6 is 0 Å². The second kappa shape index (κ2) is 5.17. The number of hydrogen-bond acceptors (Lipinski definition) is 3. The molecule has 0 bridgehead atoms. The van der Waals surface area contributed by atoms with E-state index in [0.29, 0.717) is 0 Å². The van der Waals surface area contributed by atoms with Crippen LogP contribution < -0.4 is 10.1 Å². The largest absolute Gasteiger partial charge is 0.497 e. The average Bonchev–Trinajstić information content (AvgIpc) is 2.65. The molecular formula is C16H14N2O2. The van der Waals surface area contributed by atoms with Crippen molar-refractivity contribution in [2.24, 2.45) is 4.99 Å². The first-order valence-corrected chi connectivity index (χ1v) is 6.36. The Morgan fingerprint density at radius 1 is 1.15 bits per heavy atom. The van der Waals surface area contributed by atoms with Crippen LogP contribution in [0.25, 0.3) is 0 Å². The first-order chi connectivity index (χ1) is 9.78. The van der Waals surface area contributed by atoms with Crippen molar-refractivity contribution < 1.29 is 9.53 Å². The van der Waals surface area contributed by atoms with E-state index in [1.807, 2.05) is 48.5 Å². The Morgan fingerprint density at radius 3 is 2.70 bits per heavy atom. The van der Waals surface area contributed by atoms with Crippen LogP contribution in [-0.4, -0.2) is 25.3 Å². The normalized spacial score (nSPS) is 13.8. The highest BCUT2D eigenvalue weighted by molar-refractivity contribution is 6.19. The summed E-state index contributed by atoms with van der Waals surface area (Å²) in [7, 11) is 1.62. The number of nitrogens with zero attached hydrogens (tertiary/aromatic N) is 1. The molecule has 0 aliphatic carbocycles. The van der Waals surface area contributed by atoms with Crippen LogP contribution in [0.4, 0.5) is 5.69 Å². The number of anilines is 1. The predicted molar refractivity (Wildman–Crippen MR) is 78.6 cm³/mol. The average molecular weight is 266 g/mol. The van der Waals surface area contributed by atoms with Gasteiger partial charge in [0.1, 0.15) is 12.3 Å². The molecule has 0 aromatic heterocycles. The fourth-order valence-corrected chi connectivity index (χ4v) is 2.22. The van der Waals surface area contributed by atoms with Gasteiger partial charge >= 0.3 is 0 Å². The minimum Gasteiger partial charge on any atom is -0.497 e. The number of amides is 1. The zero-order valence-corrected chi connectivity index (χ0v) is 11.1. The van der Waals surface area contributed by atoms with E-state index in [0.717, 1.165) is 28.3 Å². The number of methoxy groups -OCH3 is 1. The number of carbonyl (C=O) groups excluding carboxylic acids is 1.